The summed E-state index contributed by atoms with van der Waals surface area (Å²) in [7, 11) is 1.00. The van der Waals surface area contributed by atoms with Gasteiger partial charge in [-0.3, -0.25) is 9.59 Å². The van der Waals surface area contributed by atoms with Crippen molar-refractivity contribution in [1.29, 1.82) is 0 Å². The molecule has 4 nitrogen and oxygen atoms in total. The van der Waals surface area contributed by atoms with Gasteiger partial charge in [-0.1, -0.05) is 18.2 Å². The minimum atomic E-state index is -0.173. The van der Waals surface area contributed by atoms with Gasteiger partial charge >= 0.3 is 0 Å². The highest BCUT2D eigenvalue weighted by atomic mass is 16.3. The average Bonchev–Trinajstić information content (AvgIpc) is 2.57. The zero-order valence-electron chi connectivity index (χ0n) is 8.84. The maximum Gasteiger partial charge on any atom is 0.193 e. The lowest BCUT2D eigenvalue weighted by molar-refractivity contribution is 0.109. The number of aliphatic hydroxyl groups excluding tert-OH is 1. The van der Waals surface area contributed by atoms with Crippen LogP contribution in [-0.4, -0.2) is 18.5 Å². The number of allylic oxidation sites excluding steroid dienone is 2. The molecule has 0 aliphatic heterocycles. The van der Waals surface area contributed by atoms with Crippen molar-refractivity contribution < 1.29 is 14.3 Å². The highest BCUT2D eigenvalue weighted by Gasteiger charge is 1.99. The lowest BCUT2D eigenvalue weighted by atomic mass is 10.3. The Morgan fingerprint density at radius 3 is 2.88 bits per heavy atom. The minimum absolute atomic E-state index is 0.0636. The van der Waals surface area contributed by atoms with Crippen molar-refractivity contribution in [1.82, 2.24) is 0 Å². The first-order chi connectivity index (χ1) is 7.81. The fourth-order valence-corrected chi connectivity index (χ4v) is 1.34. The van der Waals surface area contributed by atoms with E-state index in [1.165, 1.54) is 6.07 Å². The second kappa shape index (κ2) is 5.82. The molecule has 0 unspecified atom stereocenters. The molecule has 1 aliphatic carbocycles. The molecule has 1 aliphatic rings. The molecule has 0 spiro atoms. The molecule has 2 rings (SSSR count). The second-order valence-corrected chi connectivity index (χ2v) is 2.94. The number of hydrogen-bond donors (Lipinski definition) is 1. The Morgan fingerprint density at radius 2 is 2.19 bits per heavy atom. The largest absolute Gasteiger partial charge is 0.453 e. The van der Waals surface area contributed by atoms with Gasteiger partial charge in [0.25, 0.3) is 0 Å². The van der Waals surface area contributed by atoms with Crippen molar-refractivity contribution in [2.24, 2.45) is 0 Å². The highest BCUT2D eigenvalue weighted by Crippen LogP contribution is 1.89. The molecule has 0 bridgehead atoms. The van der Waals surface area contributed by atoms with Crippen LogP contribution in [0.4, 0.5) is 0 Å². The van der Waals surface area contributed by atoms with Crippen LogP contribution < -0.4 is 16.1 Å². The van der Waals surface area contributed by atoms with Gasteiger partial charge in [-0.25, -0.2) is 0 Å². The molecule has 1 aromatic rings. The molecule has 0 saturated heterocycles. The maximum atomic E-state index is 11.5. The van der Waals surface area contributed by atoms with Crippen LogP contribution in [0.25, 0.3) is 12.2 Å². The number of aliphatic hydroxyl groups is 1. The van der Waals surface area contributed by atoms with Crippen molar-refractivity contribution in [3.8, 4) is 0 Å². The van der Waals surface area contributed by atoms with Crippen LogP contribution in [0.2, 0.25) is 0 Å². The van der Waals surface area contributed by atoms with Crippen LogP contribution in [0, 0.1) is 0 Å². The molecular weight excluding hydrogens is 208 g/mol. The summed E-state index contributed by atoms with van der Waals surface area (Å²) in [5.74, 6) is 0.0636. The van der Waals surface area contributed by atoms with Crippen LogP contribution in [0.1, 0.15) is 17.0 Å². The molecule has 0 radical (unpaired) electrons. The van der Waals surface area contributed by atoms with E-state index in [2.05, 4.69) is 0 Å². The van der Waals surface area contributed by atoms with E-state index in [9.17, 15) is 9.59 Å². The monoisotopic (exact) mass is 220 g/mol. The zero-order chi connectivity index (χ0) is 12.0. The third-order valence-electron chi connectivity index (χ3n) is 1.99. The lowest BCUT2D eigenvalue weighted by Crippen LogP contribution is -2.38. The van der Waals surface area contributed by atoms with Crippen molar-refractivity contribution in [3.63, 3.8) is 0 Å². The number of carbonyl (C=O) groups excluding carboxylic acids is 1. The van der Waals surface area contributed by atoms with Crippen LogP contribution in [-0.2, 0) is 0 Å². The van der Waals surface area contributed by atoms with Crippen molar-refractivity contribution in [2.75, 3.05) is 7.11 Å². The average molecular weight is 220 g/mol. The van der Waals surface area contributed by atoms with E-state index in [1.54, 1.807) is 18.2 Å². The van der Waals surface area contributed by atoms with E-state index in [0.29, 0.717) is 23.3 Å². The molecule has 4 heteroatoms. The summed E-state index contributed by atoms with van der Waals surface area (Å²) in [6.45, 7) is 0. The van der Waals surface area contributed by atoms with Crippen LogP contribution in [0.3, 0.4) is 0 Å². The maximum absolute atomic E-state index is 11.5. The van der Waals surface area contributed by atoms with Gasteiger partial charge in [-0.05, 0) is 12.5 Å². The van der Waals surface area contributed by atoms with E-state index in [0.717, 1.165) is 7.11 Å². The molecule has 1 heterocycles. The summed E-state index contributed by atoms with van der Waals surface area (Å²) >= 11 is 0. The molecule has 0 atom stereocenters. The molecule has 0 amide bonds. The van der Waals surface area contributed by atoms with Gasteiger partial charge < -0.3 is 9.52 Å². The first kappa shape index (κ1) is 12.1. The normalized spacial score (nSPS) is 12.1. The molecular formula is C12H12O4. The van der Waals surface area contributed by atoms with Gasteiger partial charge in [0, 0.05) is 13.2 Å². The van der Waals surface area contributed by atoms with Gasteiger partial charge in [0.1, 0.15) is 5.42 Å². The Hall–Kier alpha value is -1.94. The predicted octanol–water partition coefficient (Wildman–Crippen LogP) is -0.418. The number of fused-ring (bicyclic) bond motifs is 1. The number of carbonyl (C=O) groups is 1. The first-order valence-electron chi connectivity index (χ1n) is 4.72. The highest BCUT2D eigenvalue weighted by molar-refractivity contribution is 5.70. The Morgan fingerprint density at radius 1 is 1.44 bits per heavy atom. The fourth-order valence-electron chi connectivity index (χ4n) is 1.34. The van der Waals surface area contributed by atoms with Gasteiger partial charge in [0.15, 0.2) is 17.5 Å². The van der Waals surface area contributed by atoms with Gasteiger partial charge in [0.05, 0.1) is 5.22 Å². The third kappa shape index (κ3) is 2.55. The third-order valence-corrected chi connectivity index (χ3v) is 1.99. The van der Waals surface area contributed by atoms with Gasteiger partial charge in [-0.15, -0.1) is 0 Å². The summed E-state index contributed by atoms with van der Waals surface area (Å²) < 4.78 is 5.20. The first-order valence-corrected chi connectivity index (χ1v) is 4.72. The smallest absolute Gasteiger partial charge is 0.193 e. The fraction of sp³-hybridized carbons (Fsp3) is 0.167. The topological polar surface area (TPSA) is 67.5 Å². The summed E-state index contributed by atoms with van der Waals surface area (Å²) in [6.07, 6.45) is 8.43. The summed E-state index contributed by atoms with van der Waals surface area (Å²) in [5, 5.41) is 7.53. The van der Waals surface area contributed by atoms with Crippen molar-refractivity contribution in [2.45, 2.75) is 6.42 Å². The number of hydrogen-bond acceptors (Lipinski definition) is 4. The van der Waals surface area contributed by atoms with Crippen LogP contribution in [0.5, 0.6) is 0 Å². The molecule has 0 saturated carbocycles. The second-order valence-electron chi connectivity index (χ2n) is 2.94. The summed E-state index contributed by atoms with van der Waals surface area (Å²) in [6, 6.07) is 1.21. The summed E-state index contributed by atoms with van der Waals surface area (Å²) in [4.78, 5) is 22.0. The van der Waals surface area contributed by atoms with Gasteiger partial charge in [0.2, 0.25) is 0 Å². The molecule has 16 heavy (non-hydrogen) atoms. The Labute approximate surface area is 91.8 Å². The Kier molecular flexibility index (Phi) is 4.42. The van der Waals surface area contributed by atoms with E-state index < -0.39 is 0 Å². The van der Waals surface area contributed by atoms with Crippen molar-refractivity contribution in [3.05, 3.63) is 44.8 Å². The van der Waals surface area contributed by atoms with Crippen LogP contribution in [0.15, 0.2) is 27.4 Å². The molecule has 84 valence electrons. The van der Waals surface area contributed by atoms with E-state index in [4.69, 9.17) is 9.52 Å². The number of aldehydes is 1. The zero-order valence-corrected chi connectivity index (χ0v) is 8.84. The quantitative estimate of drug-likeness (QED) is 0.653. The minimum Gasteiger partial charge on any atom is -0.453 e. The van der Waals surface area contributed by atoms with E-state index in [-0.39, 0.29) is 11.2 Å². The summed E-state index contributed by atoms with van der Waals surface area (Å²) in [5.41, 5.74) is 0.279. The van der Waals surface area contributed by atoms with Gasteiger partial charge in [-0.2, -0.15) is 0 Å². The van der Waals surface area contributed by atoms with Crippen molar-refractivity contribution >= 4 is 18.4 Å². The van der Waals surface area contributed by atoms with E-state index in [1.807, 2.05) is 6.08 Å². The Bertz CT molecular complexity index is 564. The predicted molar refractivity (Wildman–Crippen MR) is 60.4 cm³/mol. The van der Waals surface area contributed by atoms with Crippen LogP contribution >= 0.6 is 0 Å². The van der Waals surface area contributed by atoms with E-state index >= 15 is 0 Å². The number of rotatable bonds is 1. The standard InChI is InChI=1S/C11H8O3.CH4O/c12-7-8-6-10(13)9-4-2-1-3-5-11(9)14-8;1-2/h1,3-7H,2H2;2H,1H3. The molecule has 1 N–H and O–H groups in total. The SMILES string of the molecule is CO.O=Cc1cc(=O)c2c(o1)=CC=CCC=2. The molecule has 1 aromatic heterocycles. The molecule has 0 fully saturated rings. The Balaban J connectivity index is 0.000000606. The molecule has 0 aromatic carbocycles. The lowest BCUT2D eigenvalue weighted by Gasteiger charge is -1.90.